The third-order valence-corrected chi connectivity index (χ3v) is 5.65. The zero-order valence-corrected chi connectivity index (χ0v) is 15.9. The van der Waals surface area contributed by atoms with Crippen LogP contribution in [0.1, 0.15) is 31.2 Å². The van der Waals surface area contributed by atoms with E-state index in [4.69, 9.17) is 4.74 Å². The van der Waals surface area contributed by atoms with Gasteiger partial charge in [0, 0.05) is 24.4 Å². The number of pyridine rings is 1. The minimum atomic E-state index is -0.0111. The molecule has 1 aromatic carbocycles. The van der Waals surface area contributed by atoms with E-state index in [1.807, 2.05) is 12.1 Å². The van der Waals surface area contributed by atoms with Crippen molar-refractivity contribution in [3.8, 4) is 16.9 Å². The van der Waals surface area contributed by atoms with Gasteiger partial charge in [0.2, 0.25) is 5.91 Å². The fourth-order valence-electron chi connectivity index (χ4n) is 4.13. The quantitative estimate of drug-likeness (QED) is 0.905. The number of rotatable bonds is 4. The Balaban J connectivity index is 1.40. The lowest BCUT2D eigenvalue weighted by atomic mass is 10.0. The maximum atomic E-state index is 12.7. The Morgan fingerprint density at radius 1 is 1.22 bits per heavy atom. The lowest BCUT2D eigenvalue weighted by molar-refractivity contribution is -0.126. The van der Waals surface area contributed by atoms with Crippen LogP contribution in [0, 0.1) is 0 Å². The molecule has 5 nitrogen and oxygen atoms in total. The summed E-state index contributed by atoms with van der Waals surface area (Å²) in [5, 5.41) is 3.13. The van der Waals surface area contributed by atoms with E-state index in [9.17, 15) is 4.79 Å². The molecule has 2 atom stereocenters. The van der Waals surface area contributed by atoms with E-state index in [0.29, 0.717) is 6.54 Å². The summed E-state index contributed by atoms with van der Waals surface area (Å²) in [5.74, 6) is 1.07. The number of likely N-dealkylation sites (tertiary alicyclic amines) is 1. The van der Waals surface area contributed by atoms with Crippen molar-refractivity contribution in [3.05, 3.63) is 48.3 Å². The van der Waals surface area contributed by atoms with Crippen molar-refractivity contribution in [1.29, 1.82) is 0 Å². The Kier molecular flexibility index (Phi) is 5.39. The van der Waals surface area contributed by atoms with E-state index < -0.39 is 0 Å². The highest BCUT2D eigenvalue weighted by atomic mass is 16.5. The van der Waals surface area contributed by atoms with Gasteiger partial charge in [-0.05, 0) is 49.7 Å². The second-order valence-electron chi connectivity index (χ2n) is 7.56. The van der Waals surface area contributed by atoms with Crippen LogP contribution in [-0.2, 0) is 11.2 Å². The first-order valence-corrected chi connectivity index (χ1v) is 9.89. The predicted octanol–water partition coefficient (Wildman–Crippen LogP) is 3.04. The number of hydrogen-bond acceptors (Lipinski definition) is 4. The van der Waals surface area contributed by atoms with Crippen molar-refractivity contribution in [2.45, 2.75) is 44.2 Å². The van der Waals surface area contributed by atoms with Gasteiger partial charge in [-0.1, -0.05) is 31.0 Å². The summed E-state index contributed by atoms with van der Waals surface area (Å²) in [7, 11) is 2.05. The summed E-state index contributed by atoms with van der Waals surface area (Å²) >= 11 is 0. The van der Waals surface area contributed by atoms with Crippen LogP contribution >= 0.6 is 0 Å². The fourth-order valence-corrected chi connectivity index (χ4v) is 4.13. The maximum Gasteiger partial charge on any atom is 0.237 e. The van der Waals surface area contributed by atoms with Crippen LogP contribution in [0.15, 0.2) is 42.7 Å². The molecule has 2 aromatic rings. The average molecular weight is 365 g/mol. The predicted molar refractivity (Wildman–Crippen MR) is 106 cm³/mol. The second kappa shape index (κ2) is 8.09. The molecule has 2 aliphatic heterocycles. The molecular weight excluding hydrogens is 338 g/mol. The number of aromatic nitrogens is 1. The Bertz CT molecular complexity index is 793. The zero-order chi connectivity index (χ0) is 18.6. The second-order valence-corrected chi connectivity index (χ2v) is 7.56. The Hall–Kier alpha value is -2.40. The van der Waals surface area contributed by atoms with Gasteiger partial charge in [0.1, 0.15) is 11.9 Å². The number of carbonyl (C=O) groups is 1. The van der Waals surface area contributed by atoms with Crippen molar-refractivity contribution in [3.63, 3.8) is 0 Å². The molecule has 4 rings (SSSR count). The van der Waals surface area contributed by atoms with Crippen LogP contribution in [0.5, 0.6) is 5.75 Å². The molecule has 1 fully saturated rings. The Morgan fingerprint density at radius 3 is 2.93 bits per heavy atom. The summed E-state index contributed by atoms with van der Waals surface area (Å²) in [6.45, 7) is 1.55. The van der Waals surface area contributed by atoms with Gasteiger partial charge in [-0.3, -0.25) is 14.7 Å². The molecule has 1 amide bonds. The Labute approximate surface area is 160 Å². The molecule has 0 saturated carbocycles. The molecule has 5 heteroatoms. The number of amides is 1. The minimum Gasteiger partial charge on any atom is -0.487 e. The van der Waals surface area contributed by atoms with Crippen LogP contribution in [0.2, 0.25) is 0 Å². The largest absolute Gasteiger partial charge is 0.487 e. The highest BCUT2D eigenvalue weighted by Gasteiger charge is 2.28. The number of likely N-dealkylation sites (N-methyl/N-ethyl adjacent to an activating group) is 1. The summed E-state index contributed by atoms with van der Waals surface area (Å²) in [6, 6.07) is 10.2. The van der Waals surface area contributed by atoms with E-state index in [2.05, 4.69) is 40.4 Å². The number of fused-ring (bicyclic) bond motifs is 1. The van der Waals surface area contributed by atoms with Crippen molar-refractivity contribution in [1.82, 2.24) is 15.2 Å². The average Bonchev–Trinajstić information content (AvgIpc) is 3.00. The van der Waals surface area contributed by atoms with Crippen molar-refractivity contribution >= 4 is 5.91 Å². The number of benzene rings is 1. The molecular formula is C22H27N3O2. The van der Waals surface area contributed by atoms with Crippen LogP contribution in [0.3, 0.4) is 0 Å². The molecule has 0 aliphatic carbocycles. The molecule has 2 aliphatic rings. The lowest BCUT2D eigenvalue weighted by Gasteiger charge is -2.25. The lowest BCUT2D eigenvalue weighted by Crippen LogP contribution is -2.47. The SMILES string of the molecule is CN1CCCCCC1C(=O)NCC1Cc2cccc(-c3ccncc3)c2O1. The number of para-hydroxylation sites is 1. The van der Waals surface area contributed by atoms with E-state index in [0.717, 1.165) is 42.7 Å². The van der Waals surface area contributed by atoms with Gasteiger partial charge >= 0.3 is 0 Å². The number of carbonyl (C=O) groups excluding carboxylic acids is 1. The molecule has 142 valence electrons. The number of nitrogens with zero attached hydrogens (tertiary/aromatic N) is 2. The van der Waals surface area contributed by atoms with Crippen LogP contribution in [0.4, 0.5) is 0 Å². The number of nitrogens with one attached hydrogen (secondary N) is 1. The topological polar surface area (TPSA) is 54.5 Å². The summed E-state index contributed by atoms with van der Waals surface area (Å²) in [6.07, 6.45) is 8.88. The van der Waals surface area contributed by atoms with E-state index in [1.165, 1.54) is 18.4 Å². The third-order valence-electron chi connectivity index (χ3n) is 5.65. The van der Waals surface area contributed by atoms with Crippen molar-refractivity contribution in [2.24, 2.45) is 0 Å². The minimum absolute atomic E-state index is 0.0105. The van der Waals surface area contributed by atoms with E-state index in [-0.39, 0.29) is 18.1 Å². The van der Waals surface area contributed by atoms with Gasteiger partial charge in [0.05, 0.1) is 12.6 Å². The molecule has 3 heterocycles. The van der Waals surface area contributed by atoms with Gasteiger partial charge in [0.15, 0.2) is 0 Å². The molecule has 1 N–H and O–H groups in total. The third kappa shape index (κ3) is 3.98. The summed E-state index contributed by atoms with van der Waals surface area (Å²) < 4.78 is 6.23. The molecule has 2 unspecified atom stereocenters. The smallest absolute Gasteiger partial charge is 0.237 e. The molecule has 0 radical (unpaired) electrons. The molecule has 1 saturated heterocycles. The molecule has 0 bridgehead atoms. The normalized spacial score (nSPS) is 22.6. The van der Waals surface area contributed by atoms with Gasteiger partial charge < -0.3 is 10.1 Å². The number of ether oxygens (including phenoxy) is 1. The zero-order valence-electron chi connectivity index (χ0n) is 15.9. The molecule has 0 spiro atoms. The molecule has 1 aromatic heterocycles. The van der Waals surface area contributed by atoms with E-state index in [1.54, 1.807) is 12.4 Å². The monoisotopic (exact) mass is 365 g/mol. The van der Waals surface area contributed by atoms with Crippen molar-refractivity contribution < 1.29 is 9.53 Å². The van der Waals surface area contributed by atoms with Gasteiger partial charge in [-0.25, -0.2) is 0 Å². The number of hydrogen-bond donors (Lipinski definition) is 1. The van der Waals surface area contributed by atoms with Gasteiger partial charge in [-0.15, -0.1) is 0 Å². The highest BCUT2D eigenvalue weighted by Crippen LogP contribution is 2.38. The van der Waals surface area contributed by atoms with Gasteiger partial charge in [0.25, 0.3) is 0 Å². The van der Waals surface area contributed by atoms with Crippen LogP contribution in [0.25, 0.3) is 11.1 Å². The van der Waals surface area contributed by atoms with Crippen molar-refractivity contribution in [2.75, 3.05) is 20.1 Å². The van der Waals surface area contributed by atoms with E-state index >= 15 is 0 Å². The maximum absolute atomic E-state index is 12.7. The summed E-state index contributed by atoms with van der Waals surface area (Å²) in [4.78, 5) is 18.9. The van der Waals surface area contributed by atoms with Gasteiger partial charge in [-0.2, -0.15) is 0 Å². The standard InChI is InChI=1S/C22H27N3O2/c1-25-13-4-2-3-8-20(25)22(26)24-15-18-14-17-6-5-7-19(21(17)27-18)16-9-11-23-12-10-16/h5-7,9-12,18,20H,2-4,8,13-15H2,1H3,(H,24,26). The molecule has 27 heavy (non-hydrogen) atoms. The Morgan fingerprint density at radius 2 is 2.07 bits per heavy atom. The first-order chi connectivity index (χ1) is 13.2. The first kappa shape index (κ1) is 18.0. The highest BCUT2D eigenvalue weighted by molar-refractivity contribution is 5.81. The fraction of sp³-hybridized carbons (Fsp3) is 0.455. The summed E-state index contributed by atoms with van der Waals surface area (Å²) in [5.41, 5.74) is 3.40. The van der Waals surface area contributed by atoms with Crippen LogP contribution < -0.4 is 10.1 Å². The first-order valence-electron chi connectivity index (χ1n) is 9.89. The van der Waals surface area contributed by atoms with Crippen LogP contribution in [-0.4, -0.2) is 48.1 Å².